The molecule has 3 N–H and O–H groups in total. The highest BCUT2D eigenvalue weighted by Crippen LogP contribution is 2.28. The van der Waals surface area contributed by atoms with Crippen LogP contribution in [0.25, 0.3) is 10.9 Å². The van der Waals surface area contributed by atoms with Crippen LogP contribution < -0.4 is 10.5 Å². The summed E-state index contributed by atoms with van der Waals surface area (Å²) >= 11 is 0. The number of hydrogen-bond acceptors (Lipinski definition) is 5. The van der Waals surface area contributed by atoms with Gasteiger partial charge < -0.3 is 24.9 Å². The Kier molecular flexibility index (Phi) is 4.47. The molecule has 2 rings (SSSR count). The van der Waals surface area contributed by atoms with Crippen LogP contribution in [0.4, 0.5) is 5.69 Å². The van der Waals surface area contributed by atoms with Crippen LogP contribution in [0, 0.1) is 0 Å². The van der Waals surface area contributed by atoms with Crippen molar-refractivity contribution in [2.45, 2.75) is 6.92 Å². The number of hydrogen-bond donors (Lipinski definition) is 2. The van der Waals surface area contributed by atoms with Gasteiger partial charge in [0.2, 0.25) is 0 Å². The Labute approximate surface area is 116 Å². The van der Waals surface area contributed by atoms with E-state index in [0.29, 0.717) is 42.5 Å². The third kappa shape index (κ3) is 3.03. The second-order valence-electron chi connectivity index (χ2n) is 4.22. The molecule has 0 amide bonds. The molecule has 108 valence electrons. The number of rotatable bonds is 6. The monoisotopic (exact) mass is 278 g/mol. The van der Waals surface area contributed by atoms with Gasteiger partial charge in [-0.3, -0.25) is 0 Å². The number of H-pyrrole nitrogens is 1. The number of nitrogens with one attached hydrogen (secondary N) is 1. The molecule has 0 unspecified atom stereocenters. The van der Waals surface area contributed by atoms with Gasteiger partial charge in [-0.1, -0.05) is 0 Å². The van der Waals surface area contributed by atoms with Crippen molar-refractivity contribution in [2.75, 3.05) is 32.7 Å². The van der Waals surface area contributed by atoms with Crippen LogP contribution >= 0.6 is 0 Å². The fourth-order valence-corrected chi connectivity index (χ4v) is 1.89. The molecule has 0 radical (unpaired) electrons. The number of benzene rings is 1. The van der Waals surface area contributed by atoms with Crippen molar-refractivity contribution < 1.29 is 19.0 Å². The number of esters is 1. The maximum atomic E-state index is 11.7. The van der Waals surface area contributed by atoms with E-state index in [9.17, 15) is 4.79 Å². The number of ether oxygens (including phenoxy) is 3. The number of methoxy groups -OCH3 is 1. The van der Waals surface area contributed by atoms with Gasteiger partial charge in [0.05, 0.1) is 24.4 Å². The van der Waals surface area contributed by atoms with E-state index >= 15 is 0 Å². The van der Waals surface area contributed by atoms with Gasteiger partial charge in [0, 0.05) is 18.6 Å². The lowest BCUT2D eigenvalue weighted by Crippen LogP contribution is -2.04. The number of carbonyl (C=O) groups excluding carboxylic acids is 1. The average molecular weight is 278 g/mol. The van der Waals surface area contributed by atoms with Crippen LogP contribution in [0.15, 0.2) is 18.2 Å². The van der Waals surface area contributed by atoms with Gasteiger partial charge >= 0.3 is 5.97 Å². The zero-order valence-electron chi connectivity index (χ0n) is 11.6. The second-order valence-corrected chi connectivity index (χ2v) is 4.22. The Morgan fingerprint density at radius 2 is 2.10 bits per heavy atom. The molecule has 20 heavy (non-hydrogen) atoms. The second kappa shape index (κ2) is 6.29. The van der Waals surface area contributed by atoms with Gasteiger partial charge in [0.25, 0.3) is 0 Å². The summed E-state index contributed by atoms with van der Waals surface area (Å²) < 4.78 is 15.4. The van der Waals surface area contributed by atoms with Gasteiger partial charge in [-0.2, -0.15) is 0 Å². The van der Waals surface area contributed by atoms with Crippen molar-refractivity contribution in [3.05, 3.63) is 23.9 Å². The van der Waals surface area contributed by atoms with Crippen molar-refractivity contribution in [1.29, 1.82) is 0 Å². The predicted molar refractivity (Wildman–Crippen MR) is 76.0 cm³/mol. The number of carbonyl (C=O) groups is 1. The molecule has 0 bridgehead atoms. The molecule has 0 aliphatic carbocycles. The predicted octanol–water partition coefficient (Wildman–Crippen LogP) is 1.95. The first kappa shape index (κ1) is 14.2. The summed E-state index contributed by atoms with van der Waals surface area (Å²) in [5.74, 6) is 0.242. The number of aromatic nitrogens is 1. The molecule has 1 aromatic heterocycles. The minimum atomic E-state index is -0.398. The molecule has 0 aliphatic rings. The van der Waals surface area contributed by atoms with E-state index in [0.717, 1.165) is 5.39 Å². The summed E-state index contributed by atoms with van der Waals surface area (Å²) in [6, 6.07) is 5.23. The Morgan fingerprint density at radius 3 is 2.80 bits per heavy atom. The average Bonchev–Trinajstić information content (AvgIpc) is 2.84. The first-order valence-electron chi connectivity index (χ1n) is 6.36. The van der Waals surface area contributed by atoms with Crippen LogP contribution in [0.5, 0.6) is 5.75 Å². The number of nitrogen functional groups attached to an aromatic ring is 1. The van der Waals surface area contributed by atoms with Crippen molar-refractivity contribution >= 4 is 22.6 Å². The minimum Gasteiger partial charge on any atom is -0.491 e. The van der Waals surface area contributed by atoms with Gasteiger partial charge in [0.1, 0.15) is 18.1 Å². The van der Waals surface area contributed by atoms with Crippen LogP contribution in [0.3, 0.4) is 0 Å². The smallest absolute Gasteiger partial charge is 0.354 e. The number of aromatic amines is 1. The van der Waals surface area contributed by atoms with E-state index in [1.807, 2.05) is 6.07 Å². The van der Waals surface area contributed by atoms with Gasteiger partial charge in [-0.05, 0) is 19.1 Å². The molecular formula is C14H18N2O4. The molecule has 0 aliphatic heterocycles. The molecular weight excluding hydrogens is 260 g/mol. The van der Waals surface area contributed by atoms with E-state index < -0.39 is 5.97 Å². The summed E-state index contributed by atoms with van der Waals surface area (Å²) in [5, 5.41) is 0.806. The van der Waals surface area contributed by atoms with Crippen LogP contribution in [-0.4, -0.2) is 37.9 Å². The van der Waals surface area contributed by atoms with Crippen molar-refractivity contribution in [3.8, 4) is 5.75 Å². The molecule has 0 saturated heterocycles. The normalized spacial score (nSPS) is 10.7. The van der Waals surface area contributed by atoms with Crippen molar-refractivity contribution in [1.82, 2.24) is 4.98 Å². The van der Waals surface area contributed by atoms with E-state index in [2.05, 4.69) is 4.98 Å². The third-order valence-electron chi connectivity index (χ3n) is 2.78. The first-order valence-corrected chi connectivity index (χ1v) is 6.36. The molecule has 0 fully saturated rings. The lowest BCUT2D eigenvalue weighted by atomic mass is 10.2. The highest BCUT2D eigenvalue weighted by Gasteiger charge is 2.13. The first-order chi connectivity index (χ1) is 9.65. The van der Waals surface area contributed by atoms with E-state index in [4.69, 9.17) is 19.9 Å². The molecule has 1 aromatic carbocycles. The summed E-state index contributed by atoms with van der Waals surface area (Å²) in [6.07, 6.45) is 0. The Bertz CT molecular complexity index is 606. The molecule has 2 aromatic rings. The summed E-state index contributed by atoms with van der Waals surface area (Å²) in [7, 11) is 1.61. The fraction of sp³-hybridized carbons (Fsp3) is 0.357. The largest absolute Gasteiger partial charge is 0.491 e. The lowest BCUT2D eigenvalue weighted by molar-refractivity contribution is 0.0520. The van der Waals surface area contributed by atoms with Crippen LogP contribution in [0.2, 0.25) is 0 Å². The highest BCUT2D eigenvalue weighted by atomic mass is 16.5. The Balaban J connectivity index is 2.27. The molecule has 0 atom stereocenters. The SMILES string of the molecule is CCOC(=O)c1cc2cc(OCCOC)cc(N)c2[nH]1. The van der Waals surface area contributed by atoms with Crippen LogP contribution in [0.1, 0.15) is 17.4 Å². The molecule has 1 heterocycles. The molecule has 6 nitrogen and oxygen atoms in total. The van der Waals surface area contributed by atoms with E-state index in [-0.39, 0.29) is 0 Å². The molecule has 6 heteroatoms. The summed E-state index contributed by atoms with van der Waals surface area (Å²) in [6.45, 7) is 3.03. The third-order valence-corrected chi connectivity index (χ3v) is 2.78. The maximum Gasteiger partial charge on any atom is 0.354 e. The highest BCUT2D eigenvalue weighted by molar-refractivity contribution is 5.99. The minimum absolute atomic E-state index is 0.328. The Hall–Kier alpha value is -2.21. The summed E-state index contributed by atoms with van der Waals surface area (Å²) in [5.41, 5.74) is 7.55. The van der Waals surface area contributed by atoms with Gasteiger partial charge in [0.15, 0.2) is 0 Å². The lowest BCUT2D eigenvalue weighted by Gasteiger charge is -2.06. The number of anilines is 1. The zero-order chi connectivity index (χ0) is 14.5. The van der Waals surface area contributed by atoms with E-state index in [1.54, 1.807) is 26.2 Å². The van der Waals surface area contributed by atoms with Crippen molar-refractivity contribution in [3.63, 3.8) is 0 Å². The Morgan fingerprint density at radius 1 is 1.30 bits per heavy atom. The fourth-order valence-electron chi connectivity index (χ4n) is 1.89. The topological polar surface area (TPSA) is 86.6 Å². The zero-order valence-corrected chi connectivity index (χ0v) is 11.6. The maximum absolute atomic E-state index is 11.7. The standard InChI is InChI=1S/C14H18N2O4/c1-3-19-14(17)12-7-9-6-10(20-5-4-18-2)8-11(15)13(9)16-12/h6-8,16H,3-5,15H2,1-2H3. The van der Waals surface area contributed by atoms with Crippen LogP contribution in [-0.2, 0) is 9.47 Å². The number of fused-ring (bicyclic) bond motifs is 1. The van der Waals surface area contributed by atoms with Gasteiger partial charge in [-0.25, -0.2) is 4.79 Å². The summed E-state index contributed by atoms with van der Waals surface area (Å²) in [4.78, 5) is 14.6. The molecule has 0 saturated carbocycles. The van der Waals surface area contributed by atoms with Crippen molar-refractivity contribution in [2.24, 2.45) is 0 Å². The number of nitrogens with two attached hydrogens (primary N) is 1. The van der Waals surface area contributed by atoms with E-state index in [1.165, 1.54) is 0 Å². The molecule has 0 spiro atoms. The quantitative estimate of drug-likeness (QED) is 0.479. The van der Waals surface area contributed by atoms with Gasteiger partial charge in [-0.15, -0.1) is 0 Å².